The summed E-state index contributed by atoms with van der Waals surface area (Å²) in [4.78, 5) is 0. The smallest absolute Gasteiger partial charge is 0.189 e. The molecule has 0 aliphatic carbocycles. The minimum atomic E-state index is 0.236. The third kappa shape index (κ3) is 2.74. The molecule has 0 atom stereocenters. The molecule has 0 radical (unpaired) electrons. The van der Waals surface area contributed by atoms with Crippen LogP contribution in [-0.2, 0) is 9.47 Å². The van der Waals surface area contributed by atoms with Gasteiger partial charge in [0.2, 0.25) is 0 Å². The molecule has 1 aromatic rings. The summed E-state index contributed by atoms with van der Waals surface area (Å²) in [5.41, 5.74) is 0.236. The molecule has 1 aliphatic rings. The lowest BCUT2D eigenvalue weighted by Crippen LogP contribution is -2.45. The van der Waals surface area contributed by atoms with Gasteiger partial charge in [-0.1, -0.05) is 25.1 Å². The number of rotatable bonds is 6. The summed E-state index contributed by atoms with van der Waals surface area (Å²) in [6, 6.07) is 9.70. The van der Waals surface area contributed by atoms with Crippen LogP contribution in [-0.4, -0.2) is 26.6 Å². The molecule has 0 N–H and O–H groups in total. The van der Waals surface area contributed by atoms with Crippen molar-refractivity contribution >= 4 is 0 Å². The van der Waals surface area contributed by atoms with E-state index in [4.69, 9.17) is 14.2 Å². The number of benzene rings is 1. The van der Waals surface area contributed by atoms with E-state index in [1.54, 1.807) is 0 Å². The minimum Gasteiger partial charge on any atom is -0.468 e. The van der Waals surface area contributed by atoms with Crippen LogP contribution in [0.5, 0.6) is 5.75 Å². The Bertz CT molecular complexity index is 301. The predicted molar refractivity (Wildman–Crippen MR) is 61.4 cm³/mol. The SMILES string of the molecule is CCC1(COCOc2ccccc2)COC1. The first-order valence-electron chi connectivity index (χ1n) is 5.68. The lowest BCUT2D eigenvalue weighted by Gasteiger charge is -2.40. The second-order valence-corrected chi connectivity index (χ2v) is 4.27. The molecule has 0 aromatic heterocycles. The Kier molecular flexibility index (Phi) is 3.80. The zero-order chi connectivity index (χ0) is 11.3. The van der Waals surface area contributed by atoms with E-state index < -0.39 is 0 Å². The van der Waals surface area contributed by atoms with Crippen molar-refractivity contribution in [3.05, 3.63) is 30.3 Å². The van der Waals surface area contributed by atoms with Gasteiger partial charge in [0.25, 0.3) is 0 Å². The average molecular weight is 222 g/mol. The summed E-state index contributed by atoms with van der Waals surface area (Å²) in [5.74, 6) is 0.845. The van der Waals surface area contributed by atoms with Crippen LogP contribution in [0.25, 0.3) is 0 Å². The van der Waals surface area contributed by atoms with E-state index in [0.29, 0.717) is 6.79 Å². The first-order chi connectivity index (χ1) is 7.85. The molecular weight excluding hydrogens is 204 g/mol. The van der Waals surface area contributed by atoms with E-state index in [9.17, 15) is 0 Å². The Morgan fingerprint density at radius 3 is 2.56 bits per heavy atom. The number of para-hydroxylation sites is 1. The van der Waals surface area contributed by atoms with Crippen molar-refractivity contribution in [1.82, 2.24) is 0 Å². The Labute approximate surface area is 96.3 Å². The van der Waals surface area contributed by atoms with E-state index in [0.717, 1.165) is 32.0 Å². The van der Waals surface area contributed by atoms with Gasteiger partial charge in [-0.25, -0.2) is 0 Å². The molecule has 1 aliphatic heterocycles. The monoisotopic (exact) mass is 222 g/mol. The summed E-state index contributed by atoms with van der Waals surface area (Å²) in [7, 11) is 0. The van der Waals surface area contributed by atoms with E-state index in [2.05, 4.69) is 6.92 Å². The van der Waals surface area contributed by atoms with Gasteiger partial charge in [-0.2, -0.15) is 0 Å². The fourth-order valence-electron chi connectivity index (χ4n) is 1.66. The van der Waals surface area contributed by atoms with E-state index in [1.807, 2.05) is 30.3 Å². The Balaban J connectivity index is 1.65. The lowest BCUT2D eigenvalue weighted by molar-refractivity contribution is -0.162. The fourth-order valence-corrected chi connectivity index (χ4v) is 1.66. The molecule has 1 saturated heterocycles. The maximum Gasteiger partial charge on any atom is 0.189 e. The van der Waals surface area contributed by atoms with Crippen LogP contribution >= 0.6 is 0 Å². The number of hydrogen-bond donors (Lipinski definition) is 0. The third-order valence-electron chi connectivity index (χ3n) is 3.03. The van der Waals surface area contributed by atoms with E-state index in [1.165, 1.54) is 0 Å². The molecular formula is C13H18O3. The van der Waals surface area contributed by atoms with Crippen LogP contribution in [0, 0.1) is 5.41 Å². The van der Waals surface area contributed by atoms with Crippen molar-refractivity contribution in [3.8, 4) is 5.75 Å². The second kappa shape index (κ2) is 5.32. The maximum absolute atomic E-state index is 5.53. The summed E-state index contributed by atoms with van der Waals surface area (Å²) in [5, 5.41) is 0. The highest BCUT2D eigenvalue weighted by Crippen LogP contribution is 2.31. The van der Waals surface area contributed by atoms with Crippen LogP contribution in [0.4, 0.5) is 0 Å². The van der Waals surface area contributed by atoms with Crippen LogP contribution < -0.4 is 4.74 Å². The molecule has 0 unspecified atom stereocenters. The highest BCUT2D eigenvalue weighted by atomic mass is 16.7. The van der Waals surface area contributed by atoms with Gasteiger partial charge >= 0.3 is 0 Å². The maximum atomic E-state index is 5.53. The van der Waals surface area contributed by atoms with Crippen molar-refractivity contribution < 1.29 is 14.2 Å². The average Bonchev–Trinajstić information content (AvgIpc) is 2.29. The first kappa shape index (κ1) is 11.4. The summed E-state index contributed by atoms with van der Waals surface area (Å²) in [6.45, 7) is 4.83. The van der Waals surface area contributed by atoms with Gasteiger partial charge in [0, 0.05) is 5.41 Å². The molecule has 16 heavy (non-hydrogen) atoms. The highest BCUT2D eigenvalue weighted by molar-refractivity contribution is 5.20. The Morgan fingerprint density at radius 1 is 1.25 bits per heavy atom. The Morgan fingerprint density at radius 2 is 2.00 bits per heavy atom. The first-order valence-corrected chi connectivity index (χ1v) is 5.68. The minimum absolute atomic E-state index is 0.236. The predicted octanol–water partition coefficient (Wildman–Crippen LogP) is 2.47. The highest BCUT2D eigenvalue weighted by Gasteiger charge is 2.36. The molecule has 0 amide bonds. The zero-order valence-corrected chi connectivity index (χ0v) is 9.65. The van der Waals surface area contributed by atoms with Crippen LogP contribution in [0.1, 0.15) is 13.3 Å². The van der Waals surface area contributed by atoms with Gasteiger partial charge in [0.05, 0.1) is 19.8 Å². The van der Waals surface area contributed by atoms with E-state index in [-0.39, 0.29) is 5.41 Å². The molecule has 0 saturated carbocycles. The molecule has 0 bridgehead atoms. The molecule has 0 spiro atoms. The summed E-state index contributed by atoms with van der Waals surface area (Å²) in [6.07, 6.45) is 1.10. The van der Waals surface area contributed by atoms with Gasteiger partial charge in [-0.3, -0.25) is 0 Å². The molecule has 1 fully saturated rings. The van der Waals surface area contributed by atoms with Crippen molar-refractivity contribution in [2.45, 2.75) is 13.3 Å². The number of hydrogen-bond acceptors (Lipinski definition) is 3. The van der Waals surface area contributed by atoms with Crippen molar-refractivity contribution in [1.29, 1.82) is 0 Å². The second-order valence-electron chi connectivity index (χ2n) is 4.27. The van der Waals surface area contributed by atoms with E-state index >= 15 is 0 Å². The zero-order valence-electron chi connectivity index (χ0n) is 9.65. The molecule has 2 rings (SSSR count). The van der Waals surface area contributed by atoms with Gasteiger partial charge < -0.3 is 14.2 Å². The topological polar surface area (TPSA) is 27.7 Å². The summed E-state index contributed by atoms with van der Waals surface area (Å²) >= 11 is 0. The van der Waals surface area contributed by atoms with Crippen molar-refractivity contribution in [2.24, 2.45) is 5.41 Å². The van der Waals surface area contributed by atoms with Crippen molar-refractivity contribution in [2.75, 3.05) is 26.6 Å². The van der Waals surface area contributed by atoms with Gasteiger partial charge in [-0.15, -0.1) is 0 Å². The molecule has 3 nitrogen and oxygen atoms in total. The molecule has 1 aromatic carbocycles. The van der Waals surface area contributed by atoms with Gasteiger partial charge in [0.1, 0.15) is 5.75 Å². The normalized spacial score (nSPS) is 17.8. The molecule has 88 valence electrons. The lowest BCUT2D eigenvalue weighted by atomic mass is 9.84. The van der Waals surface area contributed by atoms with Crippen molar-refractivity contribution in [3.63, 3.8) is 0 Å². The quantitative estimate of drug-likeness (QED) is 0.546. The van der Waals surface area contributed by atoms with Crippen LogP contribution in [0.3, 0.4) is 0 Å². The fraction of sp³-hybridized carbons (Fsp3) is 0.538. The standard InChI is InChI=1S/C13H18O3/c1-2-13(8-14-9-13)10-15-11-16-12-6-4-3-5-7-12/h3-7H,2,8-11H2,1H3. The largest absolute Gasteiger partial charge is 0.468 e. The number of ether oxygens (including phenoxy) is 3. The molecule has 3 heteroatoms. The third-order valence-corrected chi connectivity index (χ3v) is 3.03. The van der Waals surface area contributed by atoms with Crippen LogP contribution in [0.15, 0.2) is 30.3 Å². The van der Waals surface area contributed by atoms with Gasteiger partial charge in [0.15, 0.2) is 6.79 Å². The molecule has 1 heterocycles. The van der Waals surface area contributed by atoms with Gasteiger partial charge in [-0.05, 0) is 18.6 Å². The van der Waals surface area contributed by atoms with Crippen LogP contribution in [0.2, 0.25) is 0 Å². The Hall–Kier alpha value is -1.06. The summed E-state index contributed by atoms with van der Waals surface area (Å²) < 4.78 is 16.2.